The van der Waals surface area contributed by atoms with Crippen LogP contribution in [0, 0.1) is 0 Å². The van der Waals surface area contributed by atoms with Crippen molar-refractivity contribution in [1.82, 2.24) is 4.57 Å². The second-order valence-electron chi connectivity index (χ2n) is 5.99. The third kappa shape index (κ3) is 2.87. The van der Waals surface area contributed by atoms with Crippen LogP contribution in [0.25, 0.3) is 22.2 Å². The molecule has 1 N–H and O–H groups in total. The fourth-order valence-corrected chi connectivity index (χ4v) is 3.02. The number of rotatable bonds is 5. The van der Waals surface area contributed by atoms with Gasteiger partial charge in [-0.15, -0.1) is 0 Å². The number of hydrogen-bond donors (Lipinski definition) is 1. The monoisotopic (exact) mass is 293 g/mol. The number of aromatic nitrogens is 1. The fraction of sp³-hybridized carbons (Fsp3) is 0.300. The van der Waals surface area contributed by atoms with Gasteiger partial charge in [-0.1, -0.05) is 44.0 Å². The predicted octanol–water partition coefficient (Wildman–Crippen LogP) is 5.28. The topological polar surface area (TPSA) is 25.2 Å². The summed E-state index contributed by atoms with van der Waals surface area (Å²) in [6, 6.07) is 16.6. The molecule has 0 amide bonds. The average molecular weight is 293 g/mol. The Hall–Kier alpha value is -2.22. The molecule has 0 aliphatic rings. The quantitative estimate of drug-likeness (QED) is 0.636. The molecular weight excluding hydrogens is 270 g/mol. The van der Waals surface area contributed by atoms with E-state index in [0.717, 1.165) is 17.3 Å². The minimum atomic E-state index is 0.312. The van der Waals surface area contributed by atoms with Gasteiger partial charge in [-0.05, 0) is 42.2 Å². The lowest BCUT2D eigenvalue weighted by Gasteiger charge is -2.06. The lowest BCUT2D eigenvalue weighted by molar-refractivity contribution is 0.476. The van der Waals surface area contributed by atoms with Crippen molar-refractivity contribution < 1.29 is 5.11 Å². The van der Waals surface area contributed by atoms with Crippen molar-refractivity contribution in [3.63, 3.8) is 0 Å². The SMILES string of the molecule is CCCCCc1ccc(-c2cc3ccc(O)cc3n2C)cc1. The summed E-state index contributed by atoms with van der Waals surface area (Å²) >= 11 is 0. The highest BCUT2D eigenvalue weighted by atomic mass is 16.3. The van der Waals surface area contributed by atoms with Crippen LogP contribution >= 0.6 is 0 Å². The van der Waals surface area contributed by atoms with E-state index < -0.39 is 0 Å². The normalized spacial score (nSPS) is 11.2. The van der Waals surface area contributed by atoms with Gasteiger partial charge in [0.2, 0.25) is 0 Å². The van der Waals surface area contributed by atoms with Gasteiger partial charge in [0, 0.05) is 24.2 Å². The molecule has 1 aromatic heterocycles. The van der Waals surface area contributed by atoms with Crippen LogP contribution in [-0.4, -0.2) is 9.67 Å². The highest BCUT2D eigenvalue weighted by Gasteiger charge is 2.08. The summed E-state index contributed by atoms with van der Waals surface area (Å²) in [6.45, 7) is 2.24. The lowest BCUT2D eigenvalue weighted by Crippen LogP contribution is -1.92. The minimum Gasteiger partial charge on any atom is -0.508 e. The molecule has 0 aliphatic carbocycles. The van der Waals surface area contributed by atoms with Crippen LogP contribution in [0.3, 0.4) is 0 Å². The minimum absolute atomic E-state index is 0.312. The van der Waals surface area contributed by atoms with Gasteiger partial charge in [0.1, 0.15) is 5.75 Å². The summed E-state index contributed by atoms with van der Waals surface area (Å²) in [5.74, 6) is 0.312. The molecule has 0 atom stereocenters. The summed E-state index contributed by atoms with van der Waals surface area (Å²) in [6.07, 6.45) is 5.00. The predicted molar refractivity (Wildman–Crippen MR) is 93.2 cm³/mol. The molecule has 0 spiro atoms. The second-order valence-corrected chi connectivity index (χ2v) is 5.99. The number of aromatic hydroxyl groups is 1. The van der Waals surface area contributed by atoms with Gasteiger partial charge in [-0.2, -0.15) is 0 Å². The van der Waals surface area contributed by atoms with E-state index in [0.29, 0.717) is 5.75 Å². The van der Waals surface area contributed by atoms with Gasteiger partial charge in [0.15, 0.2) is 0 Å². The van der Waals surface area contributed by atoms with Gasteiger partial charge in [-0.3, -0.25) is 0 Å². The van der Waals surface area contributed by atoms with Gasteiger partial charge in [0.25, 0.3) is 0 Å². The maximum Gasteiger partial charge on any atom is 0.117 e. The van der Waals surface area contributed by atoms with Crippen LogP contribution in [0.5, 0.6) is 5.75 Å². The number of fused-ring (bicyclic) bond motifs is 1. The molecule has 2 heteroatoms. The first-order chi connectivity index (χ1) is 10.7. The smallest absolute Gasteiger partial charge is 0.117 e. The Balaban J connectivity index is 1.89. The Morgan fingerprint density at radius 1 is 0.955 bits per heavy atom. The number of phenolic OH excluding ortho intramolecular Hbond substituents is 1. The standard InChI is InChI=1S/C20H23NO/c1-3-4-5-6-15-7-9-16(10-8-15)19-13-17-11-12-18(22)14-20(17)21(19)2/h7-14,22H,3-6H2,1-2H3. The number of hydrogen-bond acceptors (Lipinski definition) is 1. The molecule has 3 aromatic rings. The molecule has 0 saturated heterocycles. The van der Waals surface area contributed by atoms with E-state index in [4.69, 9.17) is 0 Å². The maximum absolute atomic E-state index is 9.66. The zero-order chi connectivity index (χ0) is 15.5. The van der Waals surface area contributed by atoms with Crippen LogP contribution in [-0.2, 0) is 13.5 Å². The van der Waals surface area contributed by atoms with E-state index in [1.54, 1.807) is 6.07 Å². The van der Waals surface area contributed by atoms with Crippen molar-refractivity contribution in [3.05, 3.63) is 54.1 Å². The first-order valence-corrected chi connectivity index (χ1v) is 8.07. The Morgan fingerprint density at radius 3 is 2.45 bits per heavy atom. The molecular formula is C20H23NO. The number of unbranched alkanes of at least 4 members (excludes halogenated alkanes) is 2. The zero-order valence-corrected chi connectivity index (χ0v) is 13.3. The fourth-order valence-electron chi connectivity index (χ4n) is 3.02. The highest BCUT2D eigenvalue weighted by Crippen LogP contribution is 2.29. The Morgan fingerprint density at radius 2 is 1.73 bits per heavy atom. The molecule has 0 unspecified atom stereocenters. The Bertz CT molecular complexity index is 768. The van der Waals surface area contributed by atoms with E-state index >= 15 is 0 Å². The second kappa shape index (κ2) is 6.27. The van der Waals surface area contributed by atoms with Gasteiger partial charge >= 0.3 is 0 Å². The Labute approximate surface area is 132 Å². The summed E-state index contributed by atoms with van der Waals surface area (Å²) in [5, 5.41) is 10.8. The largest absolute Gasteiger partial charge is 0.508 e. The van der Waals surface area contributed by atoms with Crippen LogP contribution in [0.2, 0.25) is 0 Å². The summed E-state index contributed by atoms with van der Waals surface area (Å²) < 4.78 is 2.14. The molecule has 0 radical (unpaired) electrons. The van der Waals surface area contributed by atoms with Crippen LogP contribution < -0.4 is 0 Å². The summed E-state index contributed by atoms with van der Waals surface area (Å²) in [5.41, 5.74) is 4.87. The zero-order valence-electron chi connectivity index (χ0n) is 13.3. The van der Waals surface area contributed by atoms with Crippen molar-refractivity contribution in [2.75, 3.05) is 0 Å². The summed E-state index contributed by atoms with van der Waals surface area (Å²) in [7, 11) is 2.05. The molecule has 0 fully saturated rings. The van der Waals surface area contributed by atoms with E-state index in [9.17, 15) is 5.11 Å². The van der Waals surface area contributed by atoms with E-state index in [1.807, 2.05) is 19.2 Å². The molecule has 1 heterocycles. The third-order valence-corrected chi connectivity index (χ3v) is 4.35. The van der Waals surface area contributed by atoms with Crippen molar-refractivity contribution in [2.24, 2.45) is 7.05 Å². The van der Waals surface area contributed by atoms with Crippen molar-refractivity contribution in [3.8, 4) is 17.0 Å². The summed E-state index contributed by atoms with van der Waals surface area (Å²) in [4.78, 5) is 0. The van der Waals surface area contributed by atoms with Crippen LogP contribution in [0.1, 0.15) is 31.7 Å². The molecule has 22 heavy (non-hydrogen) atoms. The average Bonchev–Trinajstić information content (AvgIpc) is 2.85. The van der Waals surface area contributed by atoms with E-state index in [-0.39, 0.29) is 0 Å². The molecule has 0 aliphatic heterocycles. The first-order valence-electron chi connectivity index (χ1n) is 8.07. The van der Waals surface area contributed by atoms with Gasteiger partial charge < -0.3 is 9.67 Å². The third-order valence-electron chi connectivity index (χ3n) is 4.35. The molecule has 3 rings (SSSR count). The molecule has 2 aromatic carbocycles. The molecule has 0 bridgehead atoms. The number of nitrogens with zero attached hydrogens (tertiary/aromatic N) is 1. The number of aryl methyl sites for hydroxylation is 2. The highest BCUT2D eigenvalue weighted by molar-refractivity contribution is 5.87. The number of benzene rings is 2. The van der Waals surface area contributed by atoms with E-state index in [1.165, 1.54) is 36.1 Å². The van der Waals surface area contributed by atoms with Gasteiger partial charge in [-0.25, -0.2) is 0 Å². The lowest BCUT2D eigenvalue weighted by atomic mass is 10.0. The van der Waals surface area contributed by atoms with Crippen molar-refractivity contribution >= 4 is 10.9 Å². The van der Waals surface area contributed by atoms with Crippen molar-refractivity contribution in [1.29, 1.82) is 0 Å². The van der Waals surface area contributed by atoms with Crippen LogP contribution in [0.15, 0.2) is 48.5 Å². The molecule has 114 valence electrons. The Kier molecular flexibility index (Phi) is 4.19. The van der Waals surface area contributed by atoms with Gasteiger partial charge in [0.05, 0.1) is 5.52 Å². The van der Waals surface area contributed by atoms with E-state index in [2.05, 4.69) is 41.8 Å². The molecule has 2 nitrogen and oxygen atoms in total. The molecule has 0 saturated carbocycles. The van der Waals surface area contributed by atoms with Crippen LogP contribution in [0.4, 0.5) is 0 Å². The van der Waals surface area contributed by atoms with Crippen molar-refractivity contribution in [2.45, 2.75) is 32.6 Å². The maximum atomic E-state index is 9.66. The first kappa shape index (κ1) is 14.7. The number of phenols is 1.